The molecule has 0 radical (unpaired) electrons. The number of sulfonamides is 1. The second-order valence-electron chi connectivity index (χ2n) is 4.16. The number of nitrogens with zero attached hydrogens (tertiary/aromatic N) is 1. The van der Waals surface area contributed by atoms with E-state index in [4.69, 9.17) is 5.11 Å². The van der Waals surface area contributed by atoms with Crippen molar-refractivity contribution in [2.75, 3.05) is 6.54 Å². The summed E-state index contributed by atoms with van der Waals surface area (Å²) in [5.74, 6) is -1.83. The average molecular weight is 313 g/mol. The smallest absolute Gasteiger partial charge is 0.340 e. The van der Waals surface area contributed by atoms with Crippen LogP contribution in [0.1, 0.15) is 15.9 Å². The van der Waals surface area contributed by atoms with Crippen molar-refractivity contribution in [3.63, 3.8) is 0 Å². The van der Waals surface area contributed by atoms with Crippen LogP contribution in [0.5, 0.6) is 0 Å². The summed E-state index contributed by atoms with van der Waals surface area (Å²) in [7, 11) is -4.05. The fourth-order valence-corrected chi connectivity index (χ4v) is 2.84. The van der Waals surface area contributed by atoms with E-state index in [0.29, 0.717) is 5.56 Å². The van der Waals surface area contributed by atoms with Crippen molar-refractivity contribution in [3.8, 4) is 0 Å². The summed E-state index contributed by atoms with van der Waals surface area (Å²) >= 11 is 0. The Morgan fingerprint density at radius 1 is 1.38 bits per heavy atom. The molecule has 112 valence electrons. The van der Waals surface area contributed by atoms with Gasteiger partial charge in [-0.05, 0) is 18.1 Å². The first kappa shape index (κ1) is 15.1. The quantitative estimate of drug-likeness (QED) is 0.729. The number of carbonyl (C=O) groups is 1. The molecule has 0 aliphatic heterocycles. The lowest BCUT2D eigenvalue weighted by Crippen LogP contribution is -2.27. The highest BCUT2D eigenvalue weighted by Gasteiger charge is 2.24. The van der Waals surface area contributed by atoms with Crippen LogP contribution in [0.15, 0.2) is 35.5 Å². The molecule has 0 saturated heterocycles. The molecule has 0 amide bonds. The number of aromatic carboxylic acids is 1. The molecule has 0 atom stereocenters. The van der Waals surface area contributed by atoms with Gasteiger partial charge in [0.25, 0.3) is 10.0 Å². The van der Waals surface area contributed by atoms with E-state index in [9.17, 15) is 17.6 Å². The molecule has 9 heteroatoms. The molecule has 1 heterocycles. The predicted octanol–water partition coefficient (Wildman–Crippen LogP) is 0.768. The maximum atomic E-state index is 13.4. The Balaban J connectivity index is 2.07. The lowest BCUT2D eigenvalue weighted by Gasteiger charge is -2.06. The Morgan fingerprint density at radius 3 is 2.76 bits per heavy atom. The summed E-state index contributed by atoms with van der Waals surface area (Å²) in [6, 6.07) is 6.00. The summed E-state index contributed by atoms with van der Waals surface area (Å²) in [6.07, 6.45) is 1.05. The molecule has 0 spiro atoms. The minimum atomic E-state index is -4.05. The van der Waals surface area contributed by atoms with Gasteiger partial charge >= 0.3 is 5.97 Å². The standard InChI is InChI=1S/C12H12FN3O4S/c13-10-4-2-1-3-8(10)5-6-15-21(19,20)11-9(12(17)18)7-14-16-11/h1-4,7,15H,5-6H2,(H,14,16)(H,17,18). The summed E-state index contributed by atoms with van der Waals surface area (Å²) in [4.78, 5) is 10.9. The van der Waals surface area contributed by atoms with E-state index in [0.717, 1.165) is 6.20 Å². The Labute approximate surface area is 119 Å². The Kier molecular flexibility index (Phi) is 4.34. The highest BCUT2D eigenvalue weighted by molar-refractivity contribution is 7.89. The third kappa shape index (κ3) is 3.44. The molecular formula is C12H12FN3O4S. The highest BCUT2D eigenvalue weighted by atomic mass is 32.2. The zero-order valence-electron chi connectivity index (χ0n) is 10.7. The summed E-state index contributed by atoms with van der Waals surface area (Å²) < 4.78 is 39.5. The van der Waals surface area contributed by atoms with Crippen LogP contribution in [0.4, 0.5) is 4.39 Å². The van der Waals surface area contributed by atoms with E-state index in [-0.39, 0.29) is 13.0 Å². The molecule has 0 unspecified atom stereocenters. The fourth-order valence-electron chi connectivity index (χ4n) is 1.72. The van der Waals surface area contributed by atoms with E-state index in [1.807, 2.05) is 0 Å². The first-order valence-corrected chi connectivity index (χ1v) is 7.40. The van der Waals surface area contributed by atoms with Gasteiger partial charge < -0.3 is 5.11 Å². The molecule has 7 nitrogen and oxygen atoms in total. The number of nitrogens with one attached hydrogen (secondary N) is 2. The summed E-state index contributed by atoms with van der Waals surface area (Å²) in [5, 5.41) is 13.9. The summed E-state index contributed by atoms with van der Waals surface area (Å²) in [6.45, 7) is -0.0681. The molecule has 0 saturated carbocycles. The van der Waals surface area contributed by atoms with E-state index >= 15 is 0 Å². The number of carboxylic acid groups (broad SMARTS) is 1. The third-order valence-electron chi connectivity index (χ3n) is 2.75. The minimum absolute atomic E-state index is 0.0681. The van der Waals surface area contributed by atoms with Gasteiger partial charge in [-0.25, -0.2) is 22.3 Å². The molecule has 1 aromatic carbocycles. The number of aromatic amines is 1. The Morgan fingerprint density at radius 2 is 2.10 bits per heavy atom. The van der Waals surface area contributed by atoms with Gasteiger partial charge in [-0.3, -0.25) is 5.10 Å². The number of hydrogen-bond donors (Lipinski definition) is 3. The van der Waals surface area contributed by atoms with Gasteiger partial charge in [0.15, 0.2) is 5.03 Å². The van der Waals surface area contributed by atoms with Crippen LogP contribution >= 0.6 is 0 Å². The molecular weight excluding hydrogens is 301 g/mol. The number of halogens is 1. The molecule has 0 bridgehead atoms. The number of benzene rings is 1. The first-order chi connectivity index (χ1) is 9.92. The maximum Gasteiger partial charge on any atom is 0.340 e. The molecule has 3 N–H and O–H groups in total. The average Bonchev–Trinajstić information content (AvgIpc) is 2.91. The van der Waals surface area contributed by atoms with Gasteiger partial charge in [0.1, 0.15) is 11.4 Å². The van der Waals surface area contributed by atoms with E-state index in [2.05, 4.69) is 14.9 Å². The second-order valence-corrected chi connectivity index (χ2v) is 5.86. The van der Waals surface area contributed by atoms with E-state index in [1.165, 1.54) is 12.1 Å². The van der Waals surface area contributed by atoms with Gasteiger partial charge in [-0.15, -0.1) is 0 Å². The number of rotatable bonds is 6. The lowest BCUT2D eigenvalue weighted by atomic mass is 10.1. The first-order valence-electron chi connectivity index (χ1n) is 5.91. The summed E-state index contributed by atoms with van der Waals surface area (Å²) in [5.41, 5.74) is -0.0864. The molecule has 0 aliphatic rings. The van der Waals surface area contributed by atoms with E-state index in [1.54, 1.807) is 12.1 Å². The molecule has 1 aromatic heterocycles. The van der Waals surface area contributed by atoms with Gasteiger partial charge in [-0.1, -0.05) is 18.2 Å². The van der Waals surface area contributed by atoms with Gasteiger partial charge in [0, 0.05) is 6.54 Å². The van der Waals surface area contributed by atoms with Crippen LogP contribution in [0.2, 0.25) is 0 Å². The van der Waals surface area contributed by atoms with Gasteiger partial charge in [0.05, 0.1) is 6.20 Å². The van der Waals surface area contributed by atoms with Crippen LogP contribution in [0, 0.1) is 5.82 Å². The van der Waals surface area contributed by atoms with Crippen molar-refractivity contribution in [2.24, 2.45) is 0 Å². The van der Waals surface area contributed by atoms with Crippen LogP contribution in [0.3, 0.4) is 0 Å². The largest absolute Gasteiger partial charge is 0.478 e. The molecule has 0 fully saturated rings. The minimum Gasteiger partial charge on any atom is -0.478 e. The normalized spacial score (nSPS) is 11.5. The van der Waals surface area contributed by atoms with Crippen LogP contribution in [-0.4, -0.2) is 36.2 Å². The van der Waals surface area contributed by atoms with Crippen LogP contribution < -0.4 is 4.72 Å². The lowest BCUT2D eigenvalue weighted by molar-refractivity contribution is 0.0692. The van der Waals surface area contributed by atoms with E-state index < -0.39 is 32.4 Å². The van der Waals surface area contributed by atoms with Crippen molar-refractivity contribution in [1.82, 2.24) is 14.9 Å². The zero-order chi connectivity index (χ0) is 15.5. The number of aromatic nitrogens is 2. The molecule has 21 heavy (non-hydrogen) atoms. The number of H-pyrrole nitrogens is 1. The predicted molar refractivity (Wildman–Crippen MR) is 70.8 cm³/mol. The van der Waals surface area contributed by atoms with Gasteiger partial charge in [0.2, 0.25) is 0 Å². The zero-order valence-corrected chi connectivity index (χ0v) is 11.5. The molecule has 2 rings (SSSR count). The Bertz CT molecular complexity index is 757. The second kappa shape index (κ2) is 6.02. The topological polar surface area (TPSA) is 112 Å². The van der Waals surface area contributed by atoms with Crippen molar-refractivity contribution in [3.05, 3.63) is 47.4 Å². The van der Waals surface area contributed by atoms with Crippen molar-refractivity contribution in [1.29, 1.82) is 0 Å². The third-order valence-corrected chi connectivity index (χ3v) is 4.18. The maximum absolute atomic E-state index is 13.4. The van der Waals surface area contributed by atoms with Crippen LogP contribution in [-0.2, 0) is 16.4 Å². The Hall–Kier alpha value is -2.26. The van der Waals surface area contributed by atoms with Crippen molar-refractivity contribution in [2.45, 2.75) is 11.4 Å². The monoisotopic (exact) mass is 313 g/mol. The highest BCUT2D eigenvalue weighted by Crippen LogP contribution is 2.12. The number of carboxylic acids is 1. The SMILES string of the molecule is O=C(O)c1cn[nH]c1S(=O)(=O)NCCc1ccccc1F. The van der Waals surface area contributed by atoms with Crippen molar-refractivity contribution < 1.29 is 22.7 Å². The van der Waals surface area contributed by atoms with Gasteiger partial charge in [-0.2, -0.15) is 5.10 Å². The fraction of sp³-hybridized carbons (Fsp3) is 0.167. The number of hydrogen-bond acceptors (Lipinski definition) is 4. The molecule has 0 aliphatic carbocycles. The van der Waals surface area contributed by atoms with Crippen LogP contribution in [0.25, 0.3) is 0 Å². The van der Waals surface area contributed by atoms with Crippen molar-refractivity contribution >= 4 is 16.0 Å². The molecule has 2 aromatic rings.